The van der Waals surface area contributed by atoms with E-state index in [-0.39, 0.29) is 36.1 Å². The second-order valence-electron chi connectivity index (χ2n) is 13.4. The molecule has 48 heavy (non-hydrogen) atoms. The van der Waals surface area contributed by atoms with E-state index in [0.717, 1.165) is 24.9 Å². The number of hydrogen-bond acceptors (Lipinski definition) is 13. The third kappa shape index (κ3) is 6.73. The topological polar surface area (TPSA) is 182 Å². The molecular formula is C32H39FN7O7P. The zero-order valence-electron chi connectivity index (χ0n) is 27.4. The van der Waals surface area contributed by atoms with E-state index >= 15 is 4.39 Å². The highest BCUT2D eigenvalue weighted by atomic mass is 31.1. The molecule has 0 saturated carbocycles. The number of rotatable bonds is 10. The van der Waals surface area contributed by atoms with E-state index in [9.17, 15) is 14.8 Å². The van der Waals surface area contributed by atoms with Crippen molar-refractivity contribution in [2.24, 2.45) is 10.2 Å². The number of fused-ring (bicyclic) bond motifs is 2. The number of nitrogens with zero attached hydrogens (tertiary/aromatic N) is 6. The highest BCUT2D eigenvalue weighted by Gasteiger charge is 2.55. The van der Waals surface area contributed by atoms with Crippen molar-refractivity contribution in [1.29, 1.82) is 0 Å². The van der Waals surface area contributed by atoms with Crippen LogP contribution in [0.3, 0.4) is 0 Å². The van der Waals surface area contributed by atoms with Crippen LogP contribution in [0.1, 0.15) is 47.3 Å². The Bertz CT molecular complexity index is 1860. The third-order valence-corrected chi connectivity index (χ3v) is 9.06. The fourth-order valence-corrected chi connectivity index (χ4v) is 6.26. The molecule has 6 atom stereocenters. The molecule has 0 amide bonds. The van der Waals surface area contributed by atoms with Gasteiger partial charge in [-0.25, -0.2) is 14.2 Å². The van der Waals surface area contributed by atoms with E-state index in [1.54, 1.807) is 24.3 Å². The van der Waals surface area contributed by atoms with Crippen LogP contribution in [0.15, 0.2) is 47.5 Å². The van der Waals surface area contributed by atoms with Gasteiger partial charge in [0.05, 0.1) is 12.9 Å². The Morgan fingerprint density at radius 2 is 2.02 bits per heavy atom. The minimum absolute atomic E-state index is 0.0190. The van der Waals surface area contributed by atoms with Gasteiger partial charge in [0.2, 0.25) is 11.7 Å². The molecule has 2 aliphatic rings. The summed E-state index contributed by atoms with van der Waals surface area (Å²) in [5.74, 6) is 0.197. The van der Waals surface area contributed by atoms with Crippen molar-refractivity contribution < 1.29 is 37.9 Å². The fourth-order valence-electron chi connectivity index (χ4n) is 5.50. The summed E-state index contributed by atoms with van der Waals surface area (Å²) in [6, 6.07) is 9.51. The van der Waals surface area contributed by atoms with Crippen LogP contribution in [-0.2, 0) is 14.3 Å². The van der Waals surface area contributed by atoms with Crippen molar-refractivity contribution in [1.82, 2.24) is 19.5 Å². The molecule has 16 heteroatoms. The number of ether oxygens (including phenoxy) is 3. The number of alkyl halides is 1. The largest absolute Gasteiger partial charge is 0.575 e. The number of halogens is 1. The Morgan fingerprint density at radius 3 is 2.73 bits per heavy atom. The molecule has 3 N–H and O–H groups in total. The lowest BCUT2D eigenvalue weighted by molar-refractivity contribution is -0.169. The highest BCUT2D eigenvalue weighted by molar-refractivity contribution is 7.34. The number of nitrogen functional groups attached to an aromatic ring is 1. The minimum Gasteiger partial charge on any atom is -0.575 e. The predicted molar refractivity (Wildman–Crippen MR) is 175 cm³/mol. The normalized spacial score (nSPS) is 23.7. The van der Waals surface area contributed by atoms with Crippen molar-refractivity contribution in [3.05, 3.63) is 42.7 Å². The van der Waals surface area contributed by atoms with Crippen LogP contribution in [0.5, 0.6) is 11.5 Å². The second-order valence-corrected chi connectivity index (χ2v) is 14.3. The first-order valence-electron chi connectivity index (χ1n) is 15.7. The summed E-state index contributed by atoms with van der Waals surface area (Å²) in [5, 5.41) is 12.7. The summed E-state index contributed by atoms with van der Waals surface area (Å²) >= 11 is 0. The number of carbonyl (C=O) groups excluding carboxylic acids is 1. The number of esters is 1. The van der Waals surface area contributed by atoms with E-state index < -0.39 is 44.3 Å². The number of aliphatic hydroxyl groups is 1. The predicted octanol–water partition coefficient (Wildman–Crippen LogP) is 4.05. The molecule has 2 unspecified atom stereocenters. The quantitative estimate of drug-likeness (QED) is 0.181. The molecule has 0 radical (unpaired) electrons. The zero-order valence-corrected chi connectivity index (χ0v) is 28.3. The zero-order chi connectivity index (χ0) is 34.4. The number of anilines is 2. The Labute approximate surface area is 277 Å². The summed E-state index contributed by atoms with van der Waals surface area (Å²) in [7, 11) is -2.75. The molecule has 2 saturated heterocycles. The summed E-state index contributed by atoms with van der Waals surface area (Å²) < 4.78 is 44.5. The minimum atomic E-state index is -2.75. The molecule has 2 fully saturated rings. The lowest BCUT2D eigenvalue weighted by atomic mass is 9.98. The molecule has 6 rings (SSSR count). The molecule has 4 aromatic rings. The lowest BCUT2D eigenvalue weighted by Crippen LogP contribution is -2.42. The van der Waals surface area contributed by atoms with Gasteiger partial charge < -0.3 is 34.8 Å². The summed E-state index contributed by atoms with van der Waals surface area (Å²) in [4.78, 5) is 40.6. The van der Waals surface area contributed by atoms with E-state index in [1.807, 2.05) is 37.8 Å². The molecule has 256 valence electrons. The number of carbonyl (C=O) groups is 1. The van der Waals surface area contributed by atoms with Gasteiger partial charge in [0.15, 0.2) is 41.2 Å². The van der Waals surface area contributed by atoms with Crippen molar-refractivity contribution >= 4 is 47.8 Å². The van der Waals surface area contributed by atoms with Gasteiger partial charge in [-0.1, -0.05) is 55.8 Å². The Morgan fingerprint density at radius 1 is 1.27 bits per heavy atom. The molecule has 0 aliphatic carbocycles. The van der Waals surface area contributed by atoms with Gasteiger partial charge >= 0.3 is 14.1 Å². The average molecular weight is 684 g/mol. The van der Waals surface area contributed by atoms with Crippen LogP contribution in [0.2, 0.25) is 0 Å². The maximum atomic E-state index is 15.9. The van der Waals surface area contributed by atoms with Crippen LogP contribution in [0.4, 0.5) is 16.2 Å². The van der Waals surface area contributed by atoms with E-state index in [2.05, 4.69) is 19.7 Å². The van der Waals surface area contributed by atoms with Gasteiger partial charge in [-0.3, -0.25) is 9.09 Å². The maximum absolute atomic E-state index is 15.9. The molecule has 4 heterocycles. The first-order valence-corrected chi connectivity index (χ1v) is 16.8. The molecule has 2 aliphatic heterocycles. The van der Waals surface area contributed by atoms with Gasteiger partial charge in [-0.05, 0) is 37.1 Å². The Balaban J connectivity index is 1.22. The Hall–Kier alpha value is -4.17. The van der Waals surface area contributed by atoms with Gasteiger partial charge in [-0.15, -0.1) is 0 Å². The van der Waals surface area contributed by atoms with Crippen LogP contribution < -0.4 is 24.8 Å². The summed E-state index contributed by atoms with van der Waals surface area (Å²) in [5.41, 5.74) is 4.54. The lowest BCUT2D eigenvalue weighted by Gasteiger charge is -2.32. The summed E-state index contributed by atoms with van der Waals surface area (Å²) in [6.45, 7) is 10.0. The van der Waals surface area contributed by atoms with Crippen molar-refractivity contribution in [2.75, 3.05) is 36.9 Å². The number of imidazole rings is 1. The summed E-state index contributed by atoms with van der Waals surface area (Å²) in [6.07, 6.45) is -1.90. The first-order chi connectivity index (χ1) is 22.7. The average Bonchev–Trinajstić information content (AvgIpc) is 3.51. The molecular weight excluding hydrogens is 644 g/mol. The number of nitrogens with two attached hydrogens (primary N) is 1. The van der Waals surface area contributed by atoms with Crippen molar-refractivity contribution in [2.45, 2.75) is 71.2 Å². The van der Waals surface area contributed by atoms with E-state index in [0.29, 0.717) is 22.4 Å². The Kier molecular flexibility index (Phi) is 9.16. The first kappa shape index (κ1) is 33.7. The number of hydrogen-bond donors (Lipinski definition) is 2. The van der Waals surface area contributed by atoms with E-state index in [4.69, 9.17) is 24.5 Å². The molecule has 0 spiro atoms. The molecule has 14 nitrogen and oxygen atoms in total. The second kappa shape index (κ2) is 13.0. The smallest absolute Gasteiger partial charge is 0.395 e. The maximum Gasteiger partial charge on any atom is 0.395 e. The third-order valence-electron chi connectivity index (χ3n) is 8.19. The molecule has 0 bridgehead atoms. The number of aromatic nitrogens is 4. The van der Waals surface area contributed by atoms with Crippen LogP contribution in [0, 0.1) is 5.41 Å². The van der Waals surface area contributed by atoms with Gasteiger partial charge in [-0.2, -0.15) is 9.97 Å². The van der Waals surface area contributed by atoms with Crippen LogP contribution in [-0.4, -0.2) is 80.8 Å². The van der Waals surface area contributed by atoms with Crippen molar-refractivity contribution in [3.63, 3.8) is 0 Å². The fraction of sp³-hybridized carbons (Fsp3) is 0.500. The van der Waals surface area contributed by atoms with Gasteiger partial charge in [0.25, 0.3) is 0 Å². The monoisotopic (exact) mass is 683 g/mol. The van der Waals surface area contributed by atoms with Crippen LogP contribution in [0.25, 0.3) is 21.9 Å². The number of benzene rings is 2. The highest BCUT2D eigenvalue weighted by Crippen LogP contribution is 2.44. The SMILES string of the molecule is C[C@H](N=[P+]([O-])Oc1c(OC[C@H]2OC(n3cnc4c(N5CCC5)nc(N)nc43)[C@](C)(O)[C@@H]2F)ccc2ccccc12)C(=O)OCC(C)(C)C. The molecule has 2 aromatic carbocycles. The van der Waals surface area contributed by atoms with E-state index in [1.165, 1.54) is 24.7 Å². The standard InChI is InChI=1S/C32H39FN7O7P/c1-18(28(41)45-16-31(2,3)4)38-48(43)47-24-20-10-7-6-9-19(20)11-12-21(24)44-15-22-25(33)32(5,42)29(46-22)40-17-35-23-26(39-13-8-14-39)36-30(34)37-27(23)40/h6-7,9-12,17-18,22,25,29,42H,8,13-16H2,1-5H3,(H2,34,36,37)/t18-,22+,25+,29?,32+/m0/s1. The van der Waals surface area contributed by atoms with Gasteiger partial charge in [0, 0.05) is 18.5 Å². The van der Waals surface area contributed by atoms with Gasteiger partial charge in [0.1, 0.15) is 18.3 Å². The van der Waals surface area contributed by atoms with Crippen molar-refractivity contribution in [3.8, 4) is 11.5 Å². The molecule has 2 aromatic heterocycles. The van der Waals surface area contributed by atoms with Crippen LogP contribution >= 0.6 is 8.17 Å².